The smallest absolute Gasteiger partial charge is 0.870 e. The molecule has 16 nitrogen and oxygen atoms in total. The second-order valence-corrected chi connectivity index (χ2v) is 12.3. The molecular weight excluding hydrogens is 639 g/mol. The minimum absolute atomic E-state index is 0. The van der Waals surface area contributed by atoms with E-state index in [2.05, 4.69) is 31.2 Å². The van der Waals surface area contributed by atoms with Gasteiger partial charge in [0.25, 0.3) is 5.91 Å². The molecule has 0 unspecified atom stereocenters. The van der Waals surface area contributed by atoms with Gasteiger partial charge in [-0.1, -0.05) is 0 Å². The predicted octanol–water partition coefficient (Wildman–Crippen LogP) is 0.824. The maximum Gasteiger partial charge on any atom is 1.00 e. The Morgan fingerprint density at radius 2 is 1.02 bits per heavy atom. The Morgan fingerprint density at radius 1 is 0.688 bits per heavy atom. The molecule has 17 heteroatoms. The van der Waals surface area contributed by atoms with E-state index in [1.807, 2.05) is 6.92 Å². The molecule has 0 aliphatic rings. The molecule has 2 heterocycles. The van der Waals surface area contributed by atoms with E-state index in [1.54, 1.807) is 74.4 Å². The zero-order valence-corrected chi connectivity index (χ0v) is 31.6. The van der Waals surface area contributed by atoms with Crippen LogP contribution in [0.1, 0.15) is 82.1 Å². The van der Waals surface area contributed by atoms with E-state index in [0.29, 0.717) is 28.6 Å². The van der Waals surface area contributed by atoms with Crippen molar-refractivity contribution in [2.75, 3.05) is 10.6 Å². The topological polar surface area (TPSA) is 245 Å². The van der Waals surface area contributed by atoms with Gasteiger partial charge in [0.15, 0.2) is 0 Å². The zero-order valence-electron chi connectivity index (χ0n) is 29.6. The number of pyridine rings is 2. The second kappa shape index (κ2) is 19.6. The van der Waals surface area contributed by atoms with E-state index in [-0.39, 0.29) is 48.1 Å². The summed E-state index contributed by atoms with van der Waals surface area (Å²) in [6.45, 7) is 19.1. The number of carbonyl (C=O) groups is 6. The Balaban J connectivity index is 0. The van der Waals surface area contributed by atoms with Gasteiger partial charge in [-0.15, -0.1) is 0 Å². The Labute approximate surface area is 302 Å². The van der Waals surface area contributed by atoms with Crippen LogP contribution in [0.15, 0.2) is 12.1 Å². The number of aryl methyl sites for hydroxylation is 4. The summed E-state index contributed by atoms with van der Waals surface area (Å²) in [7, 11) is 0. The van der Waals surface area contributed by atoms with Crippen molar-refractivity contribution in [3.8, 4) is 0 Å². The van der Waals surface area contributed by atoms with Crippen molar-refractivity contribution in [3.05, 3.63) is 45.8 Å². The van der Waals surface area contributed by atoms with Gasteiger partial charge in [0.05, 0.1) is 0 Å². The maximum absolute atomic E-state index is 11.8. The van der Waals surface area contributed by atoms with Gasteiger partial charge in [-0.2, -0.15) is 0 Å². The third-order valence-corrected chi connectivity index (χ3v) is 5.73. The molecule has 0 fully saturated rings. The quantitative estimate of drug-likeness (QED) is 0.201. The molecule has 2 aromatic rings. The van der Waals surface area contributed by atoms with Gasteiger partial charge in [0, 0.05) is 31.4 Å². The first-order valence-electron chi connectivity index (χ1n) is 14.2. The van der Waals surface area contributed by atoms with Crippen molar-refractivity contribution >= 4 is 47.4 Å². The molecule has 0 aliphatic heterocycles. The summed E-state index contributed by atoms with van der Waals surface area (Å²) >= 11 is 0. The molecule has 48 heavy (non-hydrogen) atoms. The van der Waals surface area contributed by atoms with Crippen LogP contribution >= 0.6 is 0 Å². The number of carboxylic acid groups (broad SMARTS) is 1. The Hall–Kier alpha value is -4.12. The van der Waals surface area contributed by atoms with Crippen LogP contribution in [-0.2, 0) is 41.7 Å². The molecule has 0 saturated carbocycles. The van der Waals surface area contributed by atoms with Gasteiger partial charge in [-0.05, 0) is 104 Å². The van der Waals surface area contributed by atoms with Crippen LogP contribution in [0.2, 0.25) is 0 Å². The van der Waals surface area contributed by atoms with E-state index < -0.39 is 47.0 Å². The third-order valence-electron chi connectivity index (χ3n) is 5.73. The summed E-state index contributed by atoms with van der Waals surface area (Å²) in [6, 6.07) is 3.31. The first-order valence-corrected chi connectivity index (χ1v) is 14.2. The molecule has 260 valence electrons. The molecule has 0 spiro atoms. The number of hydrogen-bond acceptors (Lipinski definition) is 11. The Morgan fingerprint density at radius 3 is 1.29 bits per heavy atom. The number of aliphatic carboxylic acids is 1. The van der Waals surface area contributed by atoms with Gasteiger partial charge in [-0.25, -0.2) is 24.4 Å². The minimum atomic E-state index is -1.54. The number of ketones is 1. The fraction of sp³-hybridized carbons (Fsp3) is 0.484. The van der Waals surface area contributed by atoms with Crippen LogP contribution in [0.4, 0.5) is 21.2 Å². The van der Waals surface area contributed by atoms with Crippen LogP contribution in [0.25, 0.3) is 0 Å². The van der Waals surface area contributed by atoms with Gasteiger partial charge in [0.2, 0.25) is 5.78 Å². The molecule has 0 atom stereocenters. The summed E-state index contributed by atoms with van der Waals surface area (Å²) in [5, 5.41) is 18.5. The molecule has 0 aromatic carbocycles. The molecule has 0 radical (unpaired) electrons. The Bertz CT molecular complexity index is 1340. The molecule has 0 saturated heterocycles. The van der Waals surface area contributed by atoms with Crippen molar-refractivity contribution < 1.29 is 78.4 Å². The molecule has 6 N–H and O–H groups in total. The van der Waals surface area contributed by atoms with Crippen LogP contribution in [-0.4, -0.2) is 67.5 Å². The van der Waals surface area contributed by atoms with E-state index in [9.17, 15) is 28.8 Å². The van der Waals surface area contributed by atoms with Gasteiger partial charge >= 0.3 is 53.6 Å². The normalized spacial score (nSPS) is 10.4. The Kier molecular flexibility index (Phi) is 18.8. The standard InChI is InChI=1S/C16H23N3O4.C15H21N3O5.Na.H2O/c1-9-7-13(19-15(22)23-16(4,5)6)18-10(2)12(9)8-17-14(21)11(3)20;1-8-6-11(18-14(22)23-15(3,4)5)17-9(2)10(8)7-16-12(19)13(20)21;;/h7H,8H2,1-6H3,(H,17,21)(H,18,19,22);6H,7H2,1-5H3,(H,16,19)(H,20,21)(H,17,18,22);;1H2/q;;+1;/p-1. The van der Waals surface area contributed by atoms with Crippen LogP contribution in [0, 0.1) is 27.7 Å². The summed E-state index contributed by atoms with van der Waals surface area (Å²) in [5.41, 5.74) is 3.10. The van der Waals surface area contributed by atoms with Gasteiger partial charge in [-0.3, -0.25) is 25.0 Å². The van der Waals surface area contributed by atoms with E-state index >= 15 is 0 Å². The van der Waals surface area contributed by atoms with Gasteiger partial charge < -0.3 is 30.7 Å². The number of anilines is 2. The number of nitrogens with one attached hydrogen (secondary N) is 4. The van der Waals surface area contributed by atoms with E-state index in [0.717, 1.165) is 16.7 Å². The number of hydrogen-bond donors (Lipinski definition) is 5. The van der Waals surface area contributed by atoms with Crippen LogP contribution in [0.3, 0.4) is 0 Å². The summed E-state index contributed by atoms with van der Waals surface area (Å²) in [4.78, 5) is 75.8. The zero-order chi connectivity index (χ0) is 35.6. The number of carbonyl (C=O) groups excluding carboxylic acids is 5. The summed E-state index contributed by atoms with van der Waals surface area (Å²) in [5.74, 6) is -3.12. The van der Waals surface area contributed by atoms with Crippen LogP contribution in [0.5, 0.6) is 0 Å². The van der Waals surface area contributed by atoms with E-state index in [4.69, 9.17) is 14.6 Å². The first-order chi connectivity index (χ1) is 21.0. The fourth-order valence-corrected chi connectivity index (χ4v) is 3.73. The average Bonchev–Trinajstić information content (AvgIpc) is 2.85. The van der Waals surface area contributed by atoms with Crippen molar-refractivity contribution in [1.82, 2.24) is 20.6 Å². The first kappa shape index (κ1) is 46.0. The molecule has 2 rings (SSSR count). The number of aromatic nitrogens is 2. The SMILES string of the molecule is CC(=O)C(=O)NCc1c(C)cc(NC(=O)OC(C)(C)C)nc1C.Cc1cc(NC(=O)OC(C)(C)C)nc(C)c1CNC(=O)C(=O)O.[Na+].[OH-]. The van der Waals surface area contributed by atoms with Crippen molar-refractivity contribution in [1.29, 1.82) is 0 Å². The number of Topliss-reactive ketones (excluding diaryl/α,β-unsaturated/α-hetero) is 1. The predicted molar refractivity (Wildman–Crippen MR) is 171 cm³/mol. The number of rotatable bonds is 7. The van der Waals surface area contributed by atoms with Crippen molar-refractivity contribution in [3.63, 3.8) is 0 Å². The second-order valence-electron chi connectivity index (χ2n) is 12.3. The van der Waals surface area contributed by atoms with E-state index in [1.165, 1.54) is 6.92 Å². The fourth-order valence-electron chi connectivity index (χ4n) is 3.73. The van der Waals surface area contributed by atoms with Crippen LogP contribution < -0.4 is 50.8 Å². The number of ether oxygens (including phenoxy) is 2. The monoisotopic (exact) mass is 684 g/mol. The minimum Gasteiger partial charge on any atom is -0.870 e. The number of amides is 4. The van der Waals surface area contributed by atoms with Gasteiger partial charge in [0.1, 0.15) is 22.8 Å². The number of carboxylic acids is 1. The summed E-state index contributed by atoms with van der Waals surface area (Å²) in [6.07, 6.45) is -1.20. The molecule has 4 amide bonds. The number of nitrogens with zero attached hydrogens (tertiary/aromatic N) is 2. The molecule has 0 bridgehead atoms. The average molecular weight is 685 g/mol. The molecule has 0 aliphatic carbocycles. The molecule has 2 aromatic heterocycles. The summed E-state index contributed by atoms with van der Waals surface area (Å²) < 4.78 is 10.3. The largest absolute Gasteiger partial charge is 1.00 e. The van der Waals surface area contributed by atoms with Crippen molar-refractivity contribution in [2.45, 2.75) is 100 Å². The maximum atomic E-state index is 11.8. The van der Waals surface area contributed by atoms with Crippen molar-refractivity contribution in [2.24, 2.45) is 0 Å². The third kappa shape index (κ3) is 17.2. The molecular formula is C31H45N6NaO10.